The minimum atomic E-state index is -0.247. The van der Waals surface area contributed by atoms with Gasteiger partial charge in [0.2, 0.25) is 0 Å². The van der Waals surface area contributed by atoms with Gasteiger partial charge in [-0.15, -0.1) is 0 Å². The second-order valence-electron chi connectivity index (χ2n) is 5.09. The molecule has 3 heterocycles. The average molecular weight is 269 g/mol. The molecule has 0 aromatic carbocycles. The third-order valence-electron chi connectivity index (χ3n) is 4.03. The van der Waals surface area contributed by atoms with E-state index in [9.17, 15) is 4.79 Å². The van der Waals surface area contributed by atoms with E-state index in [1.807, 2.05) is 0 Å². The number of halogens is 1. The van der Waals surface area contributed by atoms with E-state index in [0.29, 0.717) is 17.8 Å². The van der Waals surface area contributed by atoms with E-state index >= 15 is 0 Å². The Kier molecular flexibility index (Phi) is 3.03. The van der Waals surface area contributed by atoms with Gasteiger partial charge in [-0.1, -0.05) is 11.6 Å². The number of rotatable bonds is 2. The molecule has 18 heavy (non-hydrogen) atoms. The fourth-order valence-electron chi connectivity index (χ4n) is 3.06. The maximum atomic E-state index is 11.7. The fraction of sp³-hybridized carbons (Fsp3) is 0.667. The molecule has 2 unspecified atom stereocenters. The summed E-state index contributed by atoms with van der Waals surface area (Å²) in [5, 5.41) is 7.65. The van der Waals surface area contributed by atoms with E-state index in [4.69, 9.17) is 11.6 Å². The van der Waals surface area contributed by atoms with Crippen LogP contribution in [0.5, 0.6) is 0 Å². The van der Waals surface area contributed by atoms with Crippen LogP contribution in [0.3, 0.4) is 0 Å². The molecule has 0 spiro atoms. The predicted octanol–water partition coefficient (Wildman–Crippen LogP) is 1.08. The highest BCUT2D eigenvalue weighted by Crippen LogP contribution is 2.30. The first-order chi connectivity index (χ1) is 8.66. The van der Waals surface area contributed by atoms with E-state index in [0.717, 1.165) is 13.0 Å². The lowest BCUT2D eigenvalue weighted by Gasteiger charge is -2.22. The maximum Gasteiger partial charge on any atom is 0.287 e. The summed E-state index contributed by atoms with van der Waals surface area (Å²) in [4.78, 5) is 14.2. The summed E-state index contributed by atoms with van der Waals surface area (Å²) < 4.78 is 1.25. The molecule has 0 amide bonds. The van der Waals surface area contributed by atoms with E-state index in [1.165, 1.54) is 24.1 Å². The Bertz CT molecular complexity index is 515. The molecule has 5 nitrogen and oxygen atoms in total. The van der Waals surface area contributed by atoms with Crippen LogP contribution in [0.15, 0.2) is 11.0 Å². The summed E-state index contributed by atoms with van der Waals surface area (Å²) in [6.45, 7) is 2.34. The molecule has 1 N–H and O–H groups in total. The standard InChI is InChI=1S/C12H17ClN4O/c1-16-12(18)11(13)9(7-14-16)15-8-4-6-17-5-2-3-10(8)17/h7-8,10,15H,2-6H2,1H3. The normalized spacial score (nSPS) is 27.4. The zero-order chi connectivity index (χ0) is 12.7. The Morgan fingerprint density at radius 3 is 3.11 bits per heavy atom. The Morgan fingerprint density at radius 1 is 1.44 bits per heavy atom. The highest BCUT2D eigenvalue weighted by Gasteiger charge is 2.37. The predicted molar refractivity (Wildman–Crippen MR) is 71.1 cm³/mol. The largest absolute Gasteiger partial charge is 0.378 e. The maximum absolute atomic E-state index is 11.7. The second kappa shape index (κ2) is 4.55. The van der Waals surface area contributed by atoms with Crippen molar-refractivity contribution in [3.63, 3.8) is 0 Å². The van der Waals surface area contributed by atoms with Crippen LogP contribution in [0.4, 0.5) is 5.69 Å². The molecular weight excluding hydrogens is 252 g/mol. The van der Waals surface area contributed by atoms with Crippen LogP contribution < -0.4 is 10.9 Å². The van der Waals surface area contributed by atoms with E-state index in [1.54, 1.807) is 13.2 Å². The van der Waals surface area contributed by atoms with Crippen LogP contribution >= 0.6 is 11.6 Å². The molecule has 2 saturated heterocycles. The summed E-state index contributed by atoms with van der Waals surface area (Å²) in [5.41, 5.74) is 0.418. The monoisotopic (exact) mass is 268 g/mol. The summed E-state index contributed by atoms with van der Waals surface area (Å²) in [6, 6.07) is 0.976. The smallest absolute Gasteiger partial charge is 0.287 e. The van der Waals surface area contributed by atoms with Crippen molar-refractivity contribution in [2.45, 2.75) is 31.3 Å². The van der Waals surface area contributed by atoms with E-state index in [2.05, 4.69) is 15.3 Å². The van der Waals surface area contributed by atoms with Gasteiger partial charge in [0, 0.05) is 25.7 Å². The van der Waals surface area contributed by atoms with Gasteiger partial charge in [0.25, 0.3) is 5.56 Å². The van der Waals surface area contributed by atoms with Crippen molar-refractivity contribution in [3.8, 4) is 0 Å². The van der Waals surface area contributed by atoms with Gasteiger partial charge in [-0.3, -0.25) is 9.69 Å². The van der Waals surface area contributed by atoms with Crippen molar-refractivity contribution in [1.29, 1.82) is 0 Å². The Hall–Kier alpha value is -1.07. The molecule has 2 aliphatic heterocycles. The zero-order valence-electron chi connectivity index (χ0n) is 10.4. The topological polar surface area (TPSA) is 50.2 Å². The van der Waals surface area contributed by atoms with Crippen LogP contribution in [-0.2, 0) is 7.05 Å². The van der Waals surface area contributed by atoms with Crippen molar-refractivity contribution in [3.05, 3.63) is 21.6 Å². The van der Waals surface area contributed by atoms with Crippen molar-refractivity contribution >= 4 is 17.3 Å². The molecule has 98 valence electrons. The van der Waals surface area contributed by atoms with Gasteiger partial charge < -0.3 is 5.32 Å². The molecule has 2 aliphatic rings. The molecule has 1 aromatic heterocycles. The number of nitrogens with zero attached hydrogens (tertiary/aromatic N) is 3. The summed E-state index contributed by atoms with van der Waals surface area (Å²) in [5.74, 6) is 0. The minimum absolute atomic E-state index is 0.240. The third kappa shape index (κ3) is 1.91. The number of fused-ring (bicyclic) bond motifs is 1. The number of aryl methyl sites for hydroxylation is 1. The summed E-state index contributed by atoms with van der Waals surface area (Å²) >= 11 is 6.07. The molecule has 0 saturated carbocycles. The molecule has 3 rings (SSSR count). The van der Waals surface area contributed by atoms with Crippen LogP contribution in [0, 0.1) is 0 Å². The first-order valence-corrected chi connectivity index (χ1v) is 6.77. The van der Waals surface area contributed by atoms with Crippen LogP contribution in [0.1, 0.15) is 19.3 Å². The highest BCUT2D eigenvalue weighted by molar-refractivity contribution is 6.32. The SMILES string of the molecule is Cn1ncc(NC2CCN3CCCC23)c(Cl)c1=O. The van der Waals surface area contributed by atoms with E-state index in [-0.39, 0.29) is 10.6 Å². The number of hydrogen-bond acceptors (Lipinski definition) is 4. The lowest BCUT2D eigenvalue weighted by atomic mass is 10.1. The van der Waals surface area contributed by atoms with Gasteiger partial charge in [0.15, 0.2) is 0 Å². The van der Waals surface area contributed by atoms with Crippen LogP contribution in [0.25, 0.3) is 0 Å². The van der Waals surface area contributed by atoms with Gasteiger partial charge in [0.1, 0.15) is 5.02 Å². The van der Waals surface area contributed by atoms with Crippen LogP contribution in [-0.4, -0.2) is 39.9 Å². The average Bonchev–Trinajstić information content (AvgIpc) is 2.94. The van der Waals surface area contributed by atoms with Crippen molar-refractivity contribution in [2.75, 3.05) is 18.4 Å². The molecular formula is C12H17ClN4O. The molecule has 0 bridgehead atoms. The molecule has 2 fully saturated rings. The lowest BCUT2D eigenvalue weighted by molar-refractivity contribution is 0.318. The fourth-order valence-corrected chi connectivity index (χ4v) is 3.29. The highest BCUT2D eigenvalue weighted by atomic mass is 35.5. The Balaban J connectivity index is 1.81. The molecule has 2 atom stereocenters. The molecule has 0 radical (unpaired) electrons. The first-order valence-electron chi connectivity index (χ1n) is 6.39. The molecule has 0 aliphatic carbocycles. The van der Waals surface area contributed by atoms with Crippen molar-refractivity contribution in [1.82, 2.24) is 14.7 Å². The van der Waals surface area contributed by atoms with Crippen molar-refractivity contribution in [2.24, 2.45) is 7.05 Å². The molecule has 1 aromatic rings. The van der Waals surface area contributed by atoms with Gasteiger partial charge in [-0.25, -0.2) is 4.68 Å². The summed E-state index contributed by atoms with van der Waals surface area (Å²) in [6.07, 6.45) is 5.25. The minimum Gasteiger partial charge on any atom is -0.378 e. The second-order valence-corrected chi connectivity index (χ2v) is 5.46. The first kappa shape index (κ1) is 12.0. The van der Waals surface area contributed by atoms with Gasteiger partial charge >= 0.3 is 0 Å². The number of aromatic nitrogens is 2. The van der Waals surface area contributed by atoms with Crippen molar-refractivity contribution < 1.29 is 0 Å². The number of anilines is 1. The van der Waals surface area contributed by atoms with Gasteiger partial charge in [0.05, 0.1) is 11.9 Å². The van der Waals surface area contributed by atoms with Crippen LogP contribution in [0.2, 0.25) is 5.02 Å². The lowest BCUT2D eigenvalue weighted by Crippen LogP contribution is -2.34. The number of nitrogens with one attached hydrogen (secondary N) is 1. The summed E-state index contributed by atoms with van der Waals surface area (Å²) in [7, 11) is 1.60. The van der Waals surface area contributed by atoms with E-state index < -0.39 is 0 Å². The quantitative estimate of drug-likeness (QED) is 0.872. The molecule has 6 heteroatoms. The van der Waals surface area contributed by atoms with Gasteiger partial charge in [-0.2, -0.15) is 5.10 Å². The number of hydrogen-bond donors (Lipinski definition) is 1. The third-order valence-corrected chi connectivity index (χ3v) is 4.39. The Morgan fingerprint density at radius 2 is 2.28 bits per heavy atom. The zero-order valence-corrected chi connectivity index (χ0v) is 11.2. The Labute approximate surface area is 111 Å². The van der Waals surface area contributed by atoms with Gasteiger partial charge in [-0.05, 0) is 25.8 Å².